The van der Waals surface area contributed by atoms with Crippen LogP contribution in [0.15, 0.2) is 22.8 Å². The van der Waals surface area contributed by atoms with Crippen LogP contribution in [0.4, 0.5) is 0 Å². The summed E-state index contributed by atoms with van der Waals surface area (Å²) in [6, 6.07) is 0. The van der Waals surface area contributed by atoms with Gasteiger partial charge in [-0.05, 0) is 31.6 Å². The zero-order valence-corrected chi connectivity index (χ0v) is 12.2. The molecule has 18 heavy (non-hydrogen) atoms. The van der Waals surface area contributed by atoms with Crippen molar-refractivity contribution in [1.29, 1.82) is 0 Å². The number of ether oxygens (including phenoxy) is 1. The fraction of sp³-hybridized carbons (Fsp3) is 0.688. The average molecular weight is 248 g/mol. The van der Waals surface area contributed by atoms with Crippen molar-refractivity contribution in [2.75, 3.05) is 7.11 Å². The summed E-state index contributed by atoms with van der Waals surface area (Å²) in [5.74, 6) is -0.140. The van der Waals surface area contributed by atoms with E-state index in [2.05, 4.69) is 33.8 Å². The SMILES string of the molecule is COC(=O)C1=C(C)CC=C2C(C)(C)CCCC21C. The first-order chi connectivity index (χ1) is 8.33. The molecule has 100 valence electrons. The Morgan fingerprint density at radius 3 is 2.56 bits per heavy atom. The first-order valence-corrected chi connectivity index (χ1v) is 6.82. The van der Waals surface area contributed by atoms with Gasteiger partial charge in [0.15, 0.2) is 0 Å². The molecule has 2 nitrogen and oxygen atoms in total. The summed E-state index contributed by atoms with van der Waals surface area (Å²) in [4.78, 5) is 12.1. The van der Waals surface area contributed by atoms with Gasteiger partial charge in [0, 0.05) is 11.0 Å². The molecule has 2 heteroatoms. The maximum Gasteiger partial charge on any atom is 0.334 e. The quantitative estimate of drug-likeness (QED) is 0.517. The number of fused-ring (bicyclic) bond motifs is 1. The van der Waals surface area contributed by atoms with Gasteiger partial charge in [-0.2, -0.15) is 0 Å². The van der Waals surface area contributed by atoms with Gasteiger partial charge >= 0.3 is 5.97 Å². The van der Waals surface area contributed by atoms with Gasteiger partial charge in [0.1, 0.15) is 0 Å². The second kappa shape index (κ2) is 4.25. The summed E-state index contributed by atoms with van der Waals surface area (Å²) in [5.41, 5.74) is 3.61. The van der Waals surface area contributed by atoms with Gasteiger partial charge in [0.25, 0.3) is 0 Å². The van der Waals surface area contributed by atoms with E-state index in [1.165, 1.54) is 31.1 Å². The number of rotatable bonds is 1. The smallest absolute Gasteiger partial charge is 0.334 e. The molecule has 1 fully saturated rings. The van der Waals surface area contributed by atoms with Crippen LogP contribution in [0.3, 0.4) is 0 Å². The largest absolute Gasteiger partial charge is 0.466 e. The second-order valence-electron chi connectivity index (χ2n) is 6.54. The molecule has 0 aromatic rings. The van der Waals surface area contributed by atoms with Crippen molar-refractivity contribution in [3.05, 3.63) is 22.8 Å². The van der Waals surface area contributed by atoms with Crippen LogP contribution >= 0.6 is 0 Å². The van der Waals surface area contributed by atoms with Crippen LogP contribution in [0.2, 0.25) is 0 Å². The summed E-state index contributed by atoms with van der Waals surface area (Å²) in [6.07, 6.45) is 6.68. The van der Waals surface area contributed by atoms with Gasteiger partial charge in [0.05, 0.1) is 7.11 Å². The minimum atomic E-state index is -0.140. The van der Waals surface area contributed by atoms with Crippen LogP contribution in [0.1, 0.15) is 53.4 Å². The standard InChI is InChI=1S/C16H24O2/c1-11-7-8-12-15(2,3)9-6-10-16(12,4)13(11)14(17)18-5/h8H,6-7,9-10H2,1-5H3. The highest BCUT2D eigenvalue weighted by Gasteiger charge is 2.47. The molecule has 1 unspecified atom stereocenters. The van der Waals surface area contributed by atoms with E-state index in [1.54, 1.807) is 0 Å². The predicted octanol–water partition coefficient (Wildman–Crippen LogP) is 4.02. The highest BCUT2D eigenvalue weighted by atomic mass is 16.5. The van der Waals surface area contributed by atoms with Gasteiger partial charge < -0.3 is 4.74 Å². The maximum atomic E-state index is 12.1. The van der Waals surface area contributed by atoms with Crippen LogP contribution in [-0.4, -0.2) is 13.1 Å². The summed E-state index contributed by atoms with van der Waals surface area (Å²) in [5, 5.41) is 0. The monoisotopic (exact) mass is 248 g/mol. The minimum Gasteiger partial charge on any atom is -0.466 e. The third kappa shape index (κ3) is 1.82. The second-order valence-corrected chi connectivity index (χ2v) is 6.54. The van der Waals surface area contributed by atoms with Gasteiger partial charge in [-0.15, -0.1) is 0 Å². The molecule has 2 aliphatic carbocycles. The Morgan fingerprint density at radius 1 is 1.28 bits per heavy atom. The number of carbonyl (C=O) groups is 1. The molecule has 0 bridgehead atoms. The molecule has 0 radical (unpaired) electrons. The minimum absolute atomic E-state index is 0.114. The molecule has 0 heterocycles. The Morgan fingerprint density at radius 2 is 1.94 bits per heavy atom. The van der Waals surface area contributed by atoms with Crippen molar-refractivity contribution in [3.63, 3.8) is 0 Å². The van der Waals surface area contributed by atoms with Crippen LogP contribution in [-0.2, 0) is 9.53 Å². The van der Waals surface area contributed by atoms with Gasteiger partial charge in [0.2, 0.25) is 0 Å². The first kappa shape index (κ1) is 13.4. The molecular formula is C16H24O2. The lowest BCUT2D eigenvalue weighted by Gasteiger charge is -2.49. The Kier molecular flexibility index (Phi) is 3.16. The number of hydrogen-bond acceptors (Lipinski definition) is 2. The lowest BCUT2D eigenvalue weighted by atomic mass is 9.55. The molecule has 1 saturated carbocycles. The lowest BCUT2D eigenvalue weighted by molar-refractivity contribution is -0.137. The molecule has 2 rings (SSSR count). The molecule has 0 aliphatic heterocycles. The molecule has 0 aromatic carbocycles. The molecule has 0 N–H and O–H groups in total. The van der Waals surface area contributed by atoms with Crippen molar-refractivity contribution >= 4 is 5.97 Å². The Bertz CT molecular complexity index is 440. The van der Waals surface area contributed by atoms with E-state index in [1.807, 2.05) is 0 Å². The van der Waals surface area contributed by atoms with Gasteiger partial charge in [-0.3, -0.25) is 0 Å². The van der Waals surface area contributed by atoms with Gasteiger partial charge in [-0.25, -0.2) is 4.79 Å². The van der Waals surface area contributed by atoms with E-state index in [0.717, 1.165) is 18.4 Å². The van der Waals surface area contributed by atoms with Crippen LogP contribution < -0.4 is 0 Å². The number of carbonyl (C=O) groups excluding carboxylic acids is 1. The third-order valence-corrected chi connectivity index (χ3v) is 4.78. The van der Waals surface area contributed by atoms with Crippen LogP contribution in [0.25, 0.3) is 0 Å². The number of esters is 1. The van der Waals surface area contributed by atoms with Crippen molar-refractivity contribution in [2.45, 2.75) is 53.4 Å². The molecule has 0 spiro atoms. The van der Waals surface area contributed by atoms with E-state index in [0.29, 0.717) is 0 Å². The van der Waals surface area contributed by atoms with Crippen LogP contribution in [0, 0.1) is 10.8 Å². The normalized spacial score (nSPS) is 30.6. The summed E-state index contributed by atoms with van der Waals surface area (Å²) in [6.45, 7) is 8.87. The van der Waals surface area contributed by atoms with Crippen LogP contribution in [0.5, 0.6) is 0 Å². The highest BCUT2D eigenvalue weighted by molar-refractivity contribution is 5.92. The van der Waals surface area contributed by atoms with E-state index < -0.39 is 0 Å². The molecular weight excluding hydrogens is 224 g/mol. The fourth-order valence-corrected chi connectivity index (χ4v) is 3.99. The van der Waals surface area contributed by atoms with E-state index in [4.69, 9.17) is 4.74 Å². The van der Waals surface area contributed by atoms with E-state index in [9.17, 15) is 4.79 Å². The van der Waals surface area contributed by atoms with E-state index in [-0.39, 0.29) is 16.8 Å². The Balaban J connectivity index is 2.52. The molecule has 0 amide bonds. The topological polar surface area (TPSA) is 26.3 Å². The highest BCUT2D eigenvalue weighted by Crippen LogP contribution is 2.57. The number of methoxy groups -OCH3 is 1. The maximum absolute atomic E-state index is 12.1. The zero-order chi connectivity index (χ0) is 13.6. The number of allylic oxidation sites excluding steroid dienone is 3. The Labute approximate surface area is 110 Å². The molecule has 2 aliphatic rings. The average Bonchev–Trinajstić information content (AvgIpc) is 2.26. The first-order valence-electron chi connectivity index (χ1n) is 6.82. The summed E-state index contributed by atoms with van der Waals surface area (Å²) in [7, 11) is 1.48. The van der Waals surface area contributed by atoms with Crippen molar-refractivity contribution in [3.8, 4) is 0 Å². The van der Waals surface area contributed by atoms with Gasteiger partial charge in [-0.1, -0.05) is 44.4 Å². The lowest BCUT2D eigenvalue weighted by Crippen LogP contribution is -2.40. The van der Waals surface area contributed by atoms with E-state index >= 15 is 0 Å². The third-order valence-electron chi connectivity index (χ3n) is 4.78. The van der Waals surface area contributed by atoms with Crippen molar-refractivity contribution in [2.24, 2.45) is 10.8 Å². The van der Waals surface area contributed by atoms with Crippen molar-refractivity contribution in [1.82, 2.24) is 0 Å². The molecule has 0 aromatic heterocycles. The van der Waals surface area contributed by atoms with Crippen molar-refractivity contribution < 1.29 is 9.53 Å². The summed E-state index contributed by atoms with van der Waals surface area (Å²) >= 11 is 0. The molecule has 0 saturated heterocycles. The number of hydrogen-bond donors (Lipinski definition) is 0. The molecule has 1 atom stereocenters. The zero-order valence-electron chi connectivity index (χ0n) is 12.2. The fourth-order valence-electron chi connectivity index (χ4n) is 3.99. The Hall–Kier alpha value is -1.05. The predicted molar refractivity (Wildman–Crippen MR) is 73.2 cm³/mol. The summed E-state index contributed by atoms with van der Waals surface area (Å²) < 4.78 is 5.02.